The van der Waals surface area contributed by atoms with Crippen LogP contribution in [0.25, 0.3) is 0 Å². The lowest BCUT2D eigenvalue weighted by atomic mass is 10.1. The van der Waals surface area contributed by atoms with Crippen LogP contribution in [0.5, 0.6) is 0 Å². The van der Waals surface area contributed by atoms with Crippen LogP contribution in [0.1, 0.15) is 30.5 Å². The summed E-state index contributed by atoms with van der Waals surface area (Å²) in [5, 5.41) is 0. The first-order valence-corrected chi connectivity index (χ1v) is 6.23. The lowest BCUT2D eigenvalue weighted by Gasteiger charge is -2.27. The van der Waals surface area contributed by atoms with E-state index in [9.17, 15) is 0 Å². The van der Waals surface area contributed by atoms with Crippen molar-refractivity contribution in [1.29, 1.82) is 0 Å². The van der Waals surface area contributed by atoms with E-state index < -0.39 is 0 Å². The summed E-state index contributed by atoms with van der Waals surface area (Å²) in [5.41, 5.74) is 8.10. The minimum Gasteiger partial charge on any atom is -0.325 e. The van der Waals surface area contributed by atoms with Gasteiger partial charge in [0.1, 0.15) is 0 Å². The molecule has 2 atom stereocenters. The van der Waals surface area contributed by atoms with Gasteiger partial charge >= 0.3 is 0 Å². The van der Waals surface area contributed by atoms with E-state index >= 15 is 0 Å². The van der Waals surface area contributed by atoms with Crippen LogP contribution in [0.3, 0.4) is 0 Å². The number of piperidine rings is 1. The van der Waals surface area contributed by atoms with Crippen molar-refractivity contribution in [2.45, 2.75) is 38.4 Å². The van der Waals surface area contributed by atoms with Crippen molar-refractivity contribution in [3.05, 3.63) is 29.6 Å². The molecule has 3 heteroatoms. The van der Waals surface area contributed by atoms with Gasteiger partial charge in [0.05, 0.1) is 5.69 Å². The van der Waals surface area contributed by atoms with Gasteiger partial charge in [0.15, 0.2) is 0 Å². The fraction of sp³-hybridized carbons (Fsp3) is 0.615. The molecule has 16 heavy (non-hydrogen) atoms. The number of likely N-dealkylation sites (tertiary alicyclic amines) is 1. The summed E-state index contributed by atoms with van der Waals surface area (Å²) < 4.78 is 0. The van der Waals surface area contributed by atoms with Gasteiger partial charge in [-0.2, -0.15) is 0 Å². The smallest absolute Gasteiger partial charge is 0.0584 e. The van der Waals surface area contributed by atoms with Crippen molar-refractivity contribution in [2.75, 3.05) is 6.54 Å². The molecule has 2 bridgehead atoms. The third kappa shape index (κ3) is 1.74. The molecule has 1 aliphatic carbocycles. The molecule has 0 spiro atoms. The number of hydrogen-bond donors (Lipinski definition) is 1. The molecular formula is C13H19N3. The average molecular weight is 217 g/mol. The molecule has 2 unspecified atom stereocenters. The van der Waals surface area contributed by atoms with Crippen molar-refractivity contribution in [1.82, 2.24) is 9.88 Å². The standard InChI is InChI=1S/C13H19N3/c14-7-13-11(2-1-5-15-13)9-16-8-10-3-4-12(16)6-10/h1-2,5,10,12H,3-4,6-9,14H2. The van der Waals surface area contributed by atoms with E-state index in [0.29, 0.717) is 6.54 Å². The molecule has 2 aliphatic rings. The monoisotopic (exact) mass is 217 g/mol. The maximum Gasteiger partial charge on any atom is 0.0584 e. The molecule has 86 valence electrons. The van der Waals surface area contributed by atoms with Crippen LogP contribution in [0.2, 0.25) is 0 Å². The molecule has 2 N–H and O–H groups in total. The molecule has 0 amide bonds. The highest BCUT2D eigenvalue weighted by molar-refractivity contribution is 5.20. The summed E-state index contributed by atoms with van der Waals surface area (Å²) in [6.45, 7) is 2.88. The van der Waals surface area contributed by atoms with Crippen LogP contribution in [0, 0.1) is 5.92 Å². The molecule has 0 aromatic carbocycles. The van der Waals surface area contributed by atoms with Gasteiger partial charge in [-0.25, -0.2) is 0 Å². The van der Waals surface area contributed by atoms with Gasteiger partial charge < -0.3 is 5.73 Å². The van der Waals surface area contributed by atoms with Gasteiger partial charge in [0.25, 0.3) is 0 Å². The second kappa shape index (κ2) is 4.15. The molecule has 2 heterocycles. The Labute approximate surface area is 96.7 Å². The van der Waals surface area contributed by atoms with Gasteiger partial charge in [0, 0.05) is 31.9 Å². The minimum absolute atomic E-state index is 0.554. The molecule has 2 fully saturated rings. The van der Waals surface area contributed by atoms with Crippen molar-refractivity contribution in [3.8, 4) is 0 Å². The Balaban J connectivity index is 1.74. The van der Waals surface area contributed by atoms with Crippen LogP contribution in [-0.2, 0) is 13.1 Å². The van der Waals surface area contributed by atoms with Crippen molar-refractivity contribution in [3.63, 3.8) is 0 Å². The van der Waals surface area contributed by atoms with Gasteiger partial charge in [0.2, 0.25) is 0 Å². The zero-order valence-electron chi connectivity index (χ0n) is 9.60. The molecule has 1 aromatic heterocycles. The molecule has 1 saturated carbocycles. The van der Waals surface area contributed by atoms with E-state index in [4.69, 9.17) is 5.73 Å². The Kier molecular flexibility index (Phi) is 2.65. The molecule has 1 saturated heterocycles. The highest BCUT2D eigenvalue weighted by Gasteiger charge is 2.37. The van der Waals surface area contributed by atoms with E-state index in [1.165, 1.54) is 31.4 Å². The Bertz CT molecular complexity index is 377. The SMILES string of the molecule is NCc1ncccc1CN1CC2CCC1C2. The van der Waals surface area contributed by atoms with Crippen LogP contribution in [0.15, 0.2) is 18.3 Å². The third-order valence-corrected chi connectivity index (χ3v) is 4.07. The maximum atomic E-state index is 5.72. The van der Waals surface area contributed by atoms with Crippen molar-refractivity contribution >= 4 is 0 Å². The van der Waals surface area contributed by atoms with Gasteiger partial charge in [-0.15, -0.1) is 0 Å². The summed E-state index contributed by atoms with van der Waals surface area (Å²) >= 11 is 0. The van der Waals surface area contributed by atoms with Crippen LogP contribution in [-0.4, -0.2) is 22.5 Å². The van der Waals surface area contributed by atoms with Crippen LogP contribution in [0.4, 0.5) is 0 Å². The summed E-state index contributed by atoms with van der Waals surface area (Å²) in [6.07, 6.45) is 6.08. The van der Waals surface area contributed by atoms with E-state index in [-0.39, 0.29) is 0 Å². The first-order valence-electron chi connectivity index (χ1n) is 6.23. The lowest BCUT2D eigenvalue weighted by molar-refractivity contribution is 0.204. The predicted octanol–water partition coefficient (Wildman–Crippen LogP) is 1.52. The number of pyridine rings is 1. The second-order valence-electron chi connectivity index (χ2n) is 5.08. The van der Waals surface area contributed by atoms with E-state index in [0.717, 1.165) is 24.2 Å². The highest BCUT2D eigenvalue weighted by Crippen LogP contribution is 2.38. The molecular weight excluding hydrogens is 198 g/mol. The lowest BCUT2D eigenvalue weighted by Crippen LogP contribution is -2.32. The summed E-state index contributed by atoms with van der Waals surface area (Å²) in [7, 11) is 0. The summed E-state index contributed by atoms with van der Waals surface area (Å²) in [4.78, 5) is 6.97. The van der Waals surface area contributed by atoms with Crippen LogP contribution >= 0.6 is 0 Å². The Hall–Kier alpha value is -0.930. The summed E-state index contributed by atoms with van der Waals surface area (Å²) in [6, 6.07) is 5.01. The van der Waals surface area contributed by atoms with E-state index in [2.05, 4.69) is 16.0 Å². The van der Waals surface area contributed by atoms with E-state index in [1.807, 2.05) is 12.3 Å². The maximum absolute atomic E-state index is 5.72. The fourth-order valence-electron chi connectivity index (χ4n) is 3.24. The topological polar surface area (TPSA) is 42.1 Å². The molecule has 1 aromatic rings. The number of hydrogen-bond acceptors (Lipinski definition) is 3. The van der Waals surface area contributed by atoms with Crippen LogP contribution < -0.4 is 5.73 Å². The molecule has 1 aliphatic heterocycles. The Morgan fingerprint density at radius 3 is 3.06 bits per heavy atom. The van der Waals surface area contributed by atoms with Crippen molar-refractivity contribution in [2.24, 2.45) is 11.7 Å². The Morgan fingerprint density at radius 1 is 1.44 bits per heavy atom. The number of rotatable bonds is 3. The summed E-state index contributed by atoms with van der Waals surface area (Å²) in [5.74, 6) is 0.961. The minimum atomic E-state index is 0.554. The molecule has 0 radical (unpaired) electrons. The third-order valence-electron chi connectivity index (χ3n) is 4.07. The average Bonchev–Trinajstić information content (AvgIpc) is 2.92. The highest BCUT2D eigenvalue weighted by atomic mass is 15.2. The largest absolute Gasteiger partial charge is 0.325 e. The van der Waals surface area contributed by atoms with E-state index in [1.54, 1.807) is 0 Å². The van der Waals surface area contributed by atoms with Crippen molar-refractivity contribution < 1.29 is 0 Å². The zero-order valence-corrected chi connectivity index (χ0v) is 9.60. The number of nitrogens with zero attached hydrogens (tertiary/aromatic N) is 2. The normalized spacial score (nSPS) is 28.8. The van der Waals surface area contributed by atoms with Gasteiger partial charge in [-0.1, -0.05) is 6.07 Å². The van der Waals surface area contributed by atoms with Gasteiger partial charge in [-0.3, -0.25) is 9.88 Å². The second-order valence-corrected chi connectivity index (χ2v) is 5.08. The van der Waals surface area contributed by atoms with Gasteiger partial charge in [-0.05, 0) is 36.8 Å². The fourth-order valence-corrected chi connectivity index (χ4v) is 3.24. The molecule has 3 nitrogen and oxygen atoms in total. The number of aromatic nitrogens is 1. The number of nitrogens with two attached hydrogens (primary N) is 1. The first kappa shape index (κ1) is 10.2. The quantitative estimate of drug-likeness (QED) is 0.834. The number of fused-ring (bicyclic) bond motifs is 2. The predicted molar refractivity (Wildman–Crippen MR) is 63.7 cm³/mol. The Morgan fingerprint density at radius 2 is 2.38 bits per heavy atom. The first-order chi connectivity index (χ1) is 7.86. The zero-order chi connectivity index (χ0) is 11.0. The molecule has 3 rings (SSSR count).